The van der Waals surface area contributed by atoms with E-state index in [0.29, 0.717) is 19.0 Å². The van der Waals surface area contributed by atoms with Crippen LogP contribution >= 0.6 is 0 Å². The summed E-state index contributed by atoms with van der Waals surface area (Å²) in [6, 6.07) is 41.7. The van der Waals surface area contributed by atoms with Crippen molar-refractivity contribution in [3.63, 3.8) is 0 Å². The molecule has 6 aromatic rings. The van der Waals surface area contributed by atoms with Crippen LogP contribution in [0, 0.1) is 5.92 Å². The second-order valence-electron chi connectivity index (χ2n) is 17.8. The summed E-state index contributed by atoms with van der Waals surface area (Å²) in [6.45, 7) is 4.24. The van der Waals surface area contributed by atoms with Gasteiger partial charge >= 0.3 is 0 Å². The smallest absolute Gasteiger partial charge is 0.277 e. The lowest BCUT2D eigenvalue weighted by molar-refractivity contribution is 0.272. The standard InChI is InChI=1S/C26H32N4O2S.C24H30N4O2S/c31-33(32,29-18-20-10-11-20)30-23-12-15-26(16-13-23,22-7-2-1-3-8-22)19-28-25-24-9-5-4-6-21(24)14-17-27-25;1-2-27-31(29,30)28-21-12-15-24(16-13-21,20-9-4-3-5-10-20)18-26-23-22-11-7-6-8-19(22)14-17-25-23/h1-9,14,17,20,23,29-30H,10-13,15-16,18-19H2,(H,27,28);3-11,14,17,21,27-28H,2,12-13,15-16,18H2,1H3,(H,25,26). The second-order valence-corrected chi connectivity index (χ2v) is 20.9. The van der Waals surface area contributed by atoms with Crippen molar-refractivity contribution in [2.24, 2.45) is 5.92 Å². The molecule has 14 heteroatoms. The molecule has 338 valence electrons. The number of hydrogen-bond acceptors (Lipinski definition) is 8. The molecule has 0 radical (unpaired) electrons. The fourth-order valence-corrected chi connectivity index (χ4v) is 11.9. The molecule has 3 aliphatic carbocycles. The Balaban J connectivity index is 0.000000175. The first-order valence-corrected chi connectivity index (χ1v) is 25.8. The zero-order valence-corrected chi connectivity index (χ0v) is 38.3. The van der Waals surface area contributed by atoms with Crippen molar-refractivity contribution >= 4 is 53.6 Å². The van der Waals surface area contributed by atoms with Gasteiger partial charge in [0.15, 0.2) is 0 Å². The summed E-state index contributed by atoms with van der Waals surface area (Å²) in [5.41, 5.74) is 2.45. The van der Waals surface area contributed by atoms with Gasteiger partial charge in [-0.2, -0.15) is 26.3 Å². The Hall–Kier alpha value is -4.96. The van der Waals surface area contributed by atoms with Crippen LogP contribution in [0.5, 0.6) is 0 Å². The van der Waals surface area contributed by atoms with Gasteiger partial charge < -0.3 is 10.6 Å². The Labute approximate surface area is 379 Å². The molecule has 0 saturated heterocycles. The molecule has 2 aromatic heterocycles. The summed E-state index contributed by atoms with van der Waals surface area (Å²) in [6.07, 6.45) is 12.8. The van der Waals surface area contributed by atoms with E-state index in [2.05, 4.69) is 112 Å². The van der Waals surface area contributed by atoms with E-state index in [1.54, 1.807) is 6.92 Å². The molecule has 0 amide bonds. The second kappa shape index (κ2) is 20.5. The summed E-state index contributed by atoms with van der Waals surface area (Å²) in [5, 5.41) is 11.8. The maximum Gasteiger partial charge on any atom is 0.277 e. The van der Waals surface area contributed by atoms with Crippen molar-refractivity contribution in [2.45, 2.75) is 94.0 Å². The lowest BCUT2D eigenvalue weighted by atomic mass is 9.68. The molecule has 2 heterocycles. The Morgan fingerprint density at radius 2 is 0.922 bits per heavy atom. The van der Waals surface area contributed by atoms with Crippen molar-refractivity contribution in [3.8, 4) is 0 Å². The van der Waals surface area contributed by atoms with Crippen LogP contribution in [0.3, 0.4) is 0 Å². The van der Waals surface area contributed by atoms with E-state index in [0.717, 1.165) is 105 Å². The predicted octanol–water partition coefficient (Wildman–Crippen LogP) is 8.33. The Kier molecular flexibility index (Phi) is 14.6. The number of hydrogen-bond donors (Lipinski definition) is 6. The SMILES string of the molecule is CCNS(=O)(=O)NC1CCC(CNc2nccc3ccccc23)(c2ccccc2)CC1.O=S(=O)(NCC1CC1)NC1CCC(CNc2nccc3ccccc23)(c2ccccc2)CC1. The Morgan fingerprint density at radius 3 is 1.34 bits per heavy atom. The Morgan fingerprint density at radius 1 is 0.516 bits per heavy atom. The fraction of sp³-hybridized carbons (Fsp3) is 0.400. The molecule has 0 atom stereocenters. The summed E-state index contributed by atoms with van der Waals surface area (Å²) >= 11 is 0. The fourth-order valence-electron chi connectivity index (χ4n) is 9.58. The number of rotatable bonds is 17. The lowest BCUT2D eigenvalue weighted by Crippen LogP contribution is -2.48. The molecule has 6 N–H and O–H groups in total. The average molecular weight is 903 g/mol. The van der Waals surface area contributed by atoms with Crippen LogP contribution in [-0.2, 0) is 31.2 Å². The van der Waals surface area contributed by atoms with Crippen LogP contribution in [0.15, 0.2) is 134 Å². The maximum atomic E-state index is 12.5. The third-order valence-electron chi connectivity index (χ3n) is 13.4. The largest absolute Gasteiger partial charge is 0.369 e. The molecule has 12 nitrogen and oxygen atoms in total. The number of pyridine rings is 2. The molecule has 0 spiro atoms. The molecular weight excluding hydrogens is 841 g/mol. The maximum absolute atomic E-state index is 12.5. The van der Waals surface area contributed by atoms with Crippen molar-refractivity contribution < 1.29 is 16.8 Å². The summed E-state index contributed by atoms with van der Waals surface area (Å²) in [7, 11) is -6.88. The number of anilines is 2. The van der Waals surface area contributed by atoms with Gasteiger partial charge in [0.25, 0.3) is 20.4 Å². The van der Waals surface area contributed by atoms with Crippen LogP contribution in [0.1, 0.15) is 82.3 Å². The lowest BCUT2D eigenvalue weighted by Gasteiger charge is -2.41. The molecule has 0 aliphatic heterocycles. The highest BCUT2D eigenvalue weighted by atomic mass is 32.2. The molecule has 4 aromatic carbocycles. The van der Waals surface area contributed by atoms with Crippen molar-refractivity contribution in [2.75, 3.05) is 36.8 Å². The predicted molar refractivity (Wildman–Crippen MR) is 260 cm³/mol. The number of benzene rings is 4. The van der Waals surface area contributed by atoms with Gasteiger partial charge in [-0.25, -0.2) is 19.4 Å². The zero-order valence-electron chi connectivity index (χ0n) is 36.7. The average Bonchev–Trinajstić information content (AvgIpc) is 4.16. The summed E-state index contributed by atoms with van der Waals surface area (Å²) in [4.78, 5) is 9.20. The molecule has 0 unspecified atom stereocenters. The van der Waals surface area contributed by atoms with E-state index < -0.39 is 20.4 Å². The minimum absolute atomic E-state index is 0.0331. The van der Waals surface area contributed by atoms with E-state index in [9.17, 15) is 16.8 Å². The first-order valence-electron chi connectivity index (χ1n) is 22.8. The van der Waals surface area contributed by atoms with Gasteiger partial charge in [0, 0.05) is 72.3 Å². The molecule has 9 rings (SSSR count). The van der Waals surface area contributed by atoms with Gasteiger partial charge in [-0.05, 0) is 104 Å². The number of fused-ring (bicyclic) bond motifs is 2. The van der Waals surface area contributed by atoms with E-state index in [4.69, 9.17) is 0 Å². The number of aromatic nitrogens is 2. The van der Waals surface area contributed by atoms with Crippen molar-refractivity contribution in [1.29, 1.82) is 0 Å². The molecule has 0 bridgehead atoms. The van der Waals surface area contributed by atoms with Crippen LogP contribution < -0.4 is 29.5 Å². The van der Waals surface area contributed by atoms with Gasteiger partial charge in [-0.3, -0.25) is 0 Å². The highest BCUT2D eigenvalue weighted by Crippen LogP contribution is 2.42. The van der Waals surface area contributed by atoms with Crippen molar-refractivity contribution in [1.82, 2.24) is 28.9 Å². The normalized spacial score (nSPS) is 22.6. The van der Waals surface area contributed by atoms with E-state index in [1.165, 1.54) is 16.5 Å². The van der Waals surface area contributed by atoms with Gasteiger partial charge in [-0.1, -0.05) is 116 Å². The number of nitrogens with one attached hydrogen (secondary N) is 6. The van der Waals surface area contributed by atoms with Crippen LogP contribution in [0.25, 0.3) is 21.5 Å². The highest BCUT2D eigenvalue weighted by molar-refractivity contribution is 7.87. The van der Waals surface area contributed by atoms with Crippen LogP contribution in [0.4, 0.5) is 11.6 Å². The Bertz CT molecular complexity index is 2660. The van der Waals surface area contributed by atoms with Crippen molar-refractivity contribution in [3.05, 3.63) is 145 Å². The molecule has 3 fully saturated rings. The van der Waals surface area contributed by atoms with Crippen LogP contribution in [-0.4, -0.2) is 65.1 Å². The quantitative estimate of drug-likeness (QED) is 0.0532. The molecular formula is C50H62N8O4S2. The molecule has 3 saturated carbocycles. The third kappa shape index (κ3) is 11.6. The monoisotopic (exact) mass is 902 g/mol. The zero-order chi connectivity index (χ0) is 44.5. The third-order valence-corrected chi connectivity index (χ3v) is 15.9. The van der Waals surface area contributed by atoms with E-state index >= 15 is 0 Å². The first kappa shape index (κ1) is 45.6. The number of nitrogens with zero attached hydrogens (tertiary/aromatic N) is 2. The molecule has 3 aliphatic rings. The van der Waals surface area contributed by atoms with Gasteiger partial charge in [-0.15, -0.1) is 0 Å². The summed E-state index contributed by atoms with van der Waals surface area (Å²) in [5.74, 6) is 2.31. The van der Waals surface area contributed by atoms with Gasteiger partial charge in [0.05, 0.1) is 0 Å². The van der Waals surface area contributed by atoms with E-state index in [-0.39, 0.29) is 22.9 Å². The van der Waals surface area contributed by atoms with Gasteiger partial charge in [0.2, 0.25) is 0 Å². The molecule has 64 heavy (non-hydrogen) atoms. The minimum Gasteiger partial charge on any atom is -0.369 e. The van der Waals surface area contributed by atoms with E-state index in [1.807, 2.05) is 60.9 Å². The topological polar surface area (TPSA) is 166 Å². The first-order chi connectivity index (χ1) is 31.0. The highest BCUT2D eigenvalue weighted by Gasteiger charge is 2.39. The minimum atomic E-state index is -3.44. The van der Waals surface area contributed by atoms with Gasteiger partial charge in [0.1, 0.15) is 11.6 Å². The summed E-state index contributed by atoms with van der Waals surface area (Å²) < 4.78 is 60.1. The van der Waals surface area contributed by atoms with Crippen LogP contribution in [0.2, 0.25) is 0 Å².